The highest BCUT2D eigenvalue weighted by molar-refractivity contribution is 6.10. The van der Waals surface area contributed by atoms with Gasteiger partial charge in [0.15, 0.2) is 0 Å². The van der Waals surface area contributed by atoms with Crippen LogP contribution in [0, 0.1) is 6.85 Å². The topological polar surface area (TPSA) is 42.8 Å². The summed E-state index contributed by atoms with van der Waals surface area (Å²) in [4.78, 5) is 9.65. The van der Waals surface area contributed by atoms with Gasteiger partial charge in [-0.25, -0.2) is 4.98 Å². The van der Waals surface area contributed by atoms with Gasteiger partial charge in [0.05, 0.1) is 32.2 Å². The van der Waals surface area contributed by atoms with Gasteiger partial charge in [-0.1, -0.05) is 126 Å². The summed E-state index contributed by atoms with van der Waals surface area (Å²) < 4.78 is 70.5. The maximum atomic E-state index is 9.64. The van der Waals surface area contributed by atoms with E-state index in [9.17, 15) is 4.11 Å². The van der Waals surface area contributed by atoms with Crippen LogP contribution in [-0.2, 0) is 10.8 Å². The number of rotatable bonds is 1. The lowest BCUT2D eigenvalue weighted by atomic mass is 9.82. The Morgan fingerprint density at radius 1 is 0.536 bits per heavy atom. The Morgan fingerprint density at radius 3 is 2.01 bits per heavy atom. The third kappa shape index (κ3) is 7.39. The second-order valence-electron chi connectivity index (χ2n) is 20.1. The van der Waals surface area contributed by atoms with Crippen LogP contribution in [0.4, 0.5) is 22.7 Å². The van der Waals surface area contributed by atoms with Crippen molar-refractivity contribution in [2.24, 2.45) is 0 Å². The van der Waals surface area contributed by atoms with Crippen LogP contribution in [0.2, 0.25) is 0 Å². The molecule has 10 bridgehead atoms. The molecule has 8 aromatic carbocycles. The maximum absolute atomic E-state index is 9.64. The van der Waals surface area contributed by atoms with Crippen molar-refractivity contribution >= 4 is 44.6 Å². The van der Waals surface area contributed by atoms with Crippen molar-refractivity contribution in [1.82, 2.24) is 9.55 Å². The van der Waals surface area contributed by atoms with E-state index in [1.54, 1.807) is 16.8 Å². The van der Waals surface area contributed by atoms with Crippen LogP contribution < -0.4 is 19.3 Å². The van der Waals surface area contributed by atoms with Crippen LogP contribution in [0.5, 0.6) is 23.0 Å². The molecule has 0 radical (unpaired) electrons. The number of hydrogen-bond donors (Lipinski definition) is 0. The van der Waals surface area contributed by atoms with Gasteiger partial charge in [-0.15, -0.1) is 0 Å². The van der Waals surface area contributed by atoms with Gasteiger partial charge in [0.2, 0.25) is 0 Å². The van der Waals surface area contributed by atoms with Crippen molar-refractivity contribution in [2.45, 2.75) is 59.2 Å². The number of para-hydroxylation sites is 3. The lowest BCUT2D eigenvalue weighted by Gasteiger charge is -2.30. The van der Waals surface area contributed by atoms with Crippen LogP contribution >= 0.6 is 0 Å². The zero-order valence-corrected chi connectivity index (χ0v) is 39.5. The van der Waals surface area contributed by atoms with Crippen LogP contribution in [0.1, 0.15) is 66.5 Å². The third-order valence-electron chi connectivity index (χ3n) is 13.4. The molecule has 6 heterocycles. The van der Waals surface area contributed by atoms with Gasteiger partial charge in [0.25, 0.3) is 0 Å². The number of benzene rings is 8. The highest BCUT2D eigenvalue weighted by Crippen LogP contribution is 2.53. The van der Waals surface area contributed by atoms with Crippen LogP contribution in [0.25, 0.3) is 61.0 Å². The first-order chi connectivity index (χ1) is 35.8. The molecule has 4 aliphatic rings. The monoisotopic (exact) mass is 904 g/mol. The lowest BCUT2D eigenvalue weighted by molar-refractivity contribution is 0.483. The Balaban J connectivity index is 1.13. The quantitative estimate of drug-likeness (QED) is 0.164. The molecule has 0 saturated heterocycles. The van der Waals surface area contributed by atoms with Crippen molar-refractivity contribution in [1.29, 1.82) is 0 Å². The van der Waals surface area contributed by atoms with Crippen LogP contribution in [0.3, 0.4) is 0 Å². The average Bonchev–Trinajstić information content (AvgIpc) is 3.96. The Kier molecular flexibility index (Phi) is 8.36. The van der Waals surface area contributed by atoms with E-state index in [2.05, 4.69) is 103 Å². The molecule has 6 nitrogen and oxygen atoms in total. The van der Waals surface area contributed by atoms with Crippen molar-refractivity contribution in [3.63, 3.8) is 0 Å². The van der Waals surface area contributed by atoms with Gasteiger partial charge >= 0.3 is 0 Å². The predicted molar refractivity (Wildman–Crippen MR) is 286 cm³/mol. The normalized spacial score (nSPS) is 14.7. The fraction of sp³-hybridized carbons (Fsp3) is 0.159. The number of ether oxygens (including phenoxy) is 2. The zero-order valence-electron chi connectivity index (χ0n) is 45.5. The average molecular weight is 905 g/mol. The SMILES string of the molecule is [2H]c1c(C(C)(C)C)c([2H])c2c3ccc4cc3n(c2c1[2H])-c1cc(C([2H])([2H])[2H])c(cn1)-c1ccc(cc1)Oc1ccccc1-c1cc(C(C)(C)C)cc(-c2ccccc2)c1N1CN(c2cccc(c2)O4)c2ccccc21. The molecule has 69 heavy (non-hydrogen) atoms. The van der Waals surface area contributed by atoms with E-state index in [1.165, 1.54) is 5.56 Å². The molecule has 2 aromatic heterocycles. The second kappa shape index (κ2) is 16.0. The lowest BCUT2D eigenvalue weighted by Crippen LogP contribution is -2.25. The first-order valence-corrected chi connectivity index (χ1v) is 23.5. The Hall–Kier alpha value is -8.09. The molecule has 0 aliphatic carbocycles. The summed E-state index contributed by atoms with van der Waals surface area (Å²) in [5, 5.41) is 1.12. The minimum atomic E-state index is -2.59. The number of aryl methyl sites for hydroxylation is 1. The standard InChI is InChI=1S/C63H54N4O2/c1-40-32-60-64-38-54(40)42-24-27-46(28-25-42)69-59-23-14-11-20-50(59)53-35-44(63(5,6)7)34-51(41-16-9-8-10-17-41)61(53)66-39-65(56-21-12-13-22-57(56)66)45-18-15-19-47(36-45)68-48-29-30-49-52-33-43(62(2,3)4)26-31-55(52)67(60)58(49)37-48/h8-38H,39H2,1-7H3/i1D3,26D,31D,33D. The first-order valence-electron chi connectivity index (χ1n) is 26.5. The van der Waals surface area contributed by atoms with Gasteiger partial charge in [-0.2, -0.15) is 0 Å². The molecular weight excluding hydrogens is 845 g/mol. The fourth-order valence-corrected chi connectivity index (χ4v) is 9.75. The zero-order chi connectivity index (χ0) is 52.3. The van der Waals surface area contributed by atoms with Crippen molar-refractivity contribution in [3.05, 3.63) is 205 Å². The predicted octanol–water partition coefficient (Wildman–Crippen LogP) is 17.2. The molecule has 0 spiro atoms. The van der Waals surface area contributed by atoms with Gasteiger partial charge in [0, 0.05) is 61.2 Å². The van der Waals surface area contributed by atoms with Crippen molar-refractivity contribution in [2.75, 3.05) is 16.5 Å². The van der Waals surface area contributed by atoms with Crippen molar-refractivity contribution < 1.29 is 17.7 Å². The van der Waals surface area contributed by atoms with E-state index in [0.717, 1.165) is 45.0 Å². The number of hydrogen-bond acceptors (Lipinski definition) is 5. The molecule has 338 valence electrons. The van der Waals surface area contributed by atoms with E-state index in [1.807, 2.05) is 106 Å². The molecule has 10 aromatic rings. The molecule has 0 amide bonds. The maximum Gasteiger partial charge on any atom is 0.137 e. The van der Waals surface area contributed by atoms with Crippen LogP contribution in [0.15, 0.2) is 188 Å². The van der Waals surface area contributed by atoms with Crippen molar-refractivity contribution in [3.8, 4) is 62.2 Å². The fourth-order valence-electron chi connectivity index (χ4n) is 9.75. The van der Waals surface area contributed by atoms with E-state index in [0.29, 0.717) is 62.6 Å². The summed E-state index contributed by atoms with van der Waals surface area (Å²) in [6, 6.07) is 54.4. The summed E-state index contributed by atoms with van der Waals surface area (Å²) in [5.41, 5.74) is 10.8. The van der Waals surface area contributed by atoms with Crippen LogP contribution in [-0.4, -0.2) is 16.2 Å². The van der Waals surface area contributed by atoms with E-state index < -0.39 is 12.3 Å². The molecule has 0 fully saturated rings. The molecule has 0 N–H and O–H groups in total. The summed E-state index contributed by atoms with van der Waals surface area (Å²) >= 11 is 0. The Labute approximate surface area is 413 Å². The number of aromatic nitrogens is 2. The van der Waals surface area contributed by atoms with E-state index in [-0.39, 0.29) is 40.4 Å². The molecule has 0 unspecified atom stereocenters. The highest BCUT2D eigenvalue weighted by atomic mass is 16.5. The minimum absolute atomic E-state index is 0.0522. The number of nitrogens with zero attached hydrogens (tertiary/aromatic N) is 4. The minimum Gasteiger partial charge on any atom is -0.457 e. The molecule has 0 saturated carbocycles. The second-order valence-corrected chi connectivity index (χ2v) is 20.1. The van der Waals surface area contributed by atoms with E-state index in [4.69, 9.17) is 18.6 Å². The molecule has 4 aliphatic heterocycles. The summed E-state index contributed by atoms with van der Waals surface area (Å²) in [6.45, 7) is 10.4. The largest absolute Gasteiger partial charge is 0.457 e. The number of anilines is 4. The summed E-state index contributed by atoms with van der Waals surface area (Å²) in [6.07, 6.45) is 1.56. The Bertz CT molecular complexity index is 3930. The van der Waals surface area contributed by atoms with E-state index >= 15 is 0 Å². The van der Waals surface area contributed by atoms with Gasteiger partial charge in [-0.3, -0.25) is 4.57 Å². The first kappa shape index (κ1) is 36.0. The van der Waals surface area contributed by atoms with Gasteiger partial charge < -0.3 is 19.3 Å². The van der Waals surface area contributed by atoms with Gasteiger partial charge in [-0.05, 0) is 130 Å². The van der Waals surface area contributed by atoms with Gasteiger partial charge in [0.1, 0.15) is 35.5 Å². The molecular formula is C63H54N4O2. The molecule has 6 heteroatoms. The Morgan fingerprint density at radius 2 is 1.23 bits per heavy atom. The summed E-state index contributed by atoms with van der Waals surface area (Å²) in [5.74, 6) is 2.50. The molecule has 0 atom stereocenters. The number of pyridine rings is 1. The highest BCUT2D eigenvalue weighted by Gasteiger charge is 2.33. The third-order valence-corrected chi connectivity index (χ3v) is 13.4. The summed E-state index contributed by atoms with van der Waals surface area (Å²) in [7, 11) is 0. The number of fused-ring (bicyclic) bond motifs is 5. The molecule has 14 rings (SSSR count). The smallest absolute Gasteiger partial charge is 0.137 e.